The third kappa shape index (κ3) is 23.6. The van der Waals surface area contributed by atoms with E-state index in [1.807, 2.05) is 0 Å². The number of rotatable bonds is 23. The normalized spacial score (nSPS) is 21.5. The second-order valence-electron chi connectivity index (χ2n) is 39.6. The van der Waals surface area contributed by atoms with E-state index in [2.05, 4.69) is 20.6 Å². The minimum Gasteiger partial charge on any atom is -0.505 e. The van der Waals surface area contributed by atoms with Crippen LogP contribution in [0.5, 0.6) is 34.5 Å². The van der Waals surface area contributed by atoms with Gasteiger partial charge in [0, 0.05) is 159 Å². The van der Waals surface area contributed by atoms with Gasteiger partial charge in [0.25, 0.3) is 12.9 Å². The quantitative estimate of drug-likeness (QED) is 0.0262. The van der Waals surface area contributed by atoms with Crippen LogP contribution in [0.3, 0.4) is 0 Å². The number of nitrogens with zero attached hydrogens (tertiary/aromatic N) is 13. The number of hydrogen-bond acceptors (Lipinski definition) is 23. The van der Waals surface area contributed by atoms with E-state index in [4.69, 9.17) is 85.3 Å². The van der Waals surface area contributed by atoms with Crippen LogP contribution >= 0.6 is 46.4 Å². The second kappa shape index (κ2) is 45.7. The Balaban J connectivity index is 0.000000170. The number of carbonyl (C=O) groups excluding carboxylic acids is 8. The standard InChI is InChI=1S/C37H43ClF3N5O7.C28H33ClF3N5O5.C19H24ClFN2O4.C15H20ClFN2O3/c1-37(36(49)53-19-21-10-11-22(50-3)16-29(21)51-4)13-6-5-8-24(37)35(48)46-15-12-23-25(38)17-26(39)33(31(23)28(46)18-45-14-7-9-30(45)47)52-20-27-32(34(40)41)44(2)43-42-27;1-28(27(40)41)9-4-3-6-16(28)26(39)37-11-8-15-17(29)12-18(30)24(22(15)20(37)13-36-10-5-7-21(36)38)42-14-19-23(25(31)32)35(2)34-33-19;1-19(2,3)27-18(26)23-8-6-11-12(20)9-13(21)17(25)16(11)14(23)10-22-7-4-5-15(22)24;1-15(2,3)22-14(21)19-5-4-8-9(16)6-10(17)13(20)12(8)11(19)7-18/h10-11,16-17,24,28,34H,5-9,12-15,18-20H2,1-4H3;12,16,20,25H,3-11,13-14H2,1-2H3,(H,40,41);9,14,25H,4-8,10H2,1-3H3;6,11,20H,4-5,7,18H2,1-3H3/t24-,28+,37-;16-,20+,28-;14-;11-/m0011/s1. The predicted molar refractivity (Wildman–Crippen MR) is 508 cm³/mol. The number of esters is 1. The topological polar surface area (TPSA) is 389 Å². The highest BCUT2D eigenvalue weighted by Gasteiger charge is 2.54. The molecule has 16 rings (SSSR count). The fourth-order valence-electron chi connectivity index (χ4n) is 20.8. The number of carbonyl (C=O) groups is 9. The van der Waals surface area contributed by atoms with Gasteiger partial charge in [-0.25, -0.2) is 54.1 Å². The molecule has 9 heterocycles. The molecule has 784 valence electrons. The van der Waals surface area contributed by atoms with Crippen LogP contribution in [-0.4, -0.2) is 231 Å². The molecule has 7 amide bonds. The summed E-state index contributed by atoms with van der Waals surface area (Å²) in [4.78, 5) is 129. The lowest BCUT2D eigenvalue weighted by Crippen LogP contribution is -2.53. The van der Waals surface area contributed by atoms with Crippen LogP contribution in [0.2, 0.25) is 20.1 Å². The number of carboxylic acid groups (broad SMARTS) is 1. The molecule has 2 aromatic heterocycles. The van der Waals surface area contributed by atoms with Crippen molar-refractivity contribution in [3.63, 3.8) is 0 Å². The second-order valence-corrected chi connectivity index (χ2v) is 41.2. The summed E-state index contributed by atoms with van der Waals surface area (Å²) in [5.74, 6) is -8.09. The fraction of sp³-hybridized carbons (Fsp3) is 0.566. The van der Waals surface area contributed by atoms with Crippen molar-refractivity contribution in [1.29, 1.82) is 0 Å². The summed E-state index contributed by atoms with van der Waals surface area (Å²) in [6.07, 6.45) is 1.72. The minimum absolute atomic E-state index is 0.0201. The number of hydrogen-bond donors (Lipinski definition) is 4. The zero-order chi connectivity index (χ0) is 105. The number of nitrogens with two attached hydrogens (primary N) is 1. The number of aromatic hydroxyl groups is 2. The van der Waals surface area contributed by atoms with Crippen LogP contribution in [0.1, 0.15) is 255 Å². The minimum atomic E-state index is -2.91. The number of phenolic OH excluding ortho intramolecular Hbond substituents is 2. The molecule has 3 saturated heterocycles. The van der Waals surface area contributed by atoms with Gasteiger partial charge in [-0.15, -0.1) is 10.2 Å². The van der Waals surface area contributed by atoms with Crippen molar-refractivity contribution < 1.29 is 127 Å². The van der Waals surface area contributed by atoms with Crippen molar-refractivity contribution in [1.82, 2.24) is 64.3 Å². The van der Waals surface area contributed by atoms with E-state index in [9.17, 15) is 84.8 Å². The average Bonchev–Trinajstić information content (AvgIpc) is 0.943. The summed E-state index contributed by atoms with van der Waals surface area (Å²) in [6.45, 7) is 15.4. The molecule has 45 heteroatoms. The molecule has 144 heavy (non-hydrogen) atoms. The Hall–Kier alpha value is -11.4. The Bertz CT molecular complexity index is 6010. The van der Waals surface area contributed by atoms with E-state index in [1.54, 1.807) is 93.2 Å². The van der Waals surface area contributed by atoms with Gasteiger partial charge in [0.2, 0.25) is 29.5 Å². The SMILES string of the molecule is CC(C)(C)OC(=O)N1CCc2c(Cl)cc(F)c(O)c2[C@H]1CN.CC(C)(C)OC(=O)N1CCc2c(Cl)cc(F)c(O)c2[C@H]1CN1CCCC1=O.COc1ccc(COC(=O)[C@@]2(C)CCCC[C@H]2C(=O)N2CCc3c(Cl)cc(F)c(OCc4nnn(C)c4C(F)F)c3[C@H]2CN2CCCC2=O)c(OC)c1.Cn1nnc(COc2c(F)cc(Cl)c3c2[C@@H](CN2CCCC2=O)N(C(=O)[C@@H]2CCCC[C@]2(C)C(=O)O)CC3)c1C(F)F. The van der Waals surface area contributed by atoms with Gasteiger partial charge in [-0.05, 0) is 185 Å². The molecule has 0 unspecified atom stereocenters. The van der Waals surface area contributed by atoms with Gasteiger partial charge in [-0.2, -0.15) is 0 Å². The van der Waals surface area contributed by atoms with Crippen LogP contribution in [0.25, 0.3) is 0 Å². The number of aryl methyl sites for hydroxylation is 2. The van der Waals surface area contributed by atoms with Gasteiger partial charge in [0.15, 0.2) is 46.3 Å². The van der Waals surface area contributed by atoms with Crippen molar-refractivity contribution in [2.75, 3.05) is 86.2 Å². The van der Waals surface area contributed by atoms with E-state index in [0.717, 1.165) is 40.0 Å². The highest BCUT2D eigenvalue weighted by atomic mass is 35.5. The molecule has 2 aliphatic carbocycles. The Morgan fingerprint density at radius 2 is 0.854 bits per heavy atom. The number of aromatic nitrogens is 6. The molecule has 0 radical (unpaired) electrons. The molecule has 2 saturated carbocycles. The van der Waals surface area contributed by atoms with Crippen LogP contribution in [-0.2, 0) is 107 Å². The van der Waals surface area contributed by atoms with Crippen LogP contribution in [0.4, 0.5) is 44.7 Å². The molecule has 9 aliphatic rings. The van der Waals surface area contributed by atoms with Gasteiger partial charge in [0.1, 0.15) is 65.3 Å². The highest BCUT2D eigenvalue weighted by molar-refractivity contribution is 6.32. The number of fused-ring (bicyclic) bond motifs is 4. The first-order valence-corrected chi connectivity index (χ1v) is 49.3. The zero-order valence-corrected chi connectivity index (χ0v) is 85.1. The van der Waals surface area contributed by atoms with E-state index in [0.29, 0.717) is 168 Å². The number of phenols is 2. The van der Waals surface area contributed by atoms with Crippen molar-refractivity contribution in [3.05, 3.63) is 159 Å². The summed E-state index contributed by atoms with van der Waals surface area (Å²) in [5, 5.41) is 46.0. The third-order valence-electron chi connectivity index (χ3n) is 28.2. The summed E-state index contributed by atoms with van der Waals surface area (Å²) >= 11 is 25.4. The Kier molecular flexibility index (Phi) is 34.8. The number of halogens is 12. The van der Waals surface area contributed by atoms with E-state index >= 15 is 8.78 Å². The highest BCUT2D eigenvalue weighted by Crippen LogP contribution is 2.53. The first kappa shape index (κ1) is 110. The summed E-state index contributed by atoms with van der Waals surface area (Å²) in [7, 11) is 5.67. The number of amides is 7. The molecule has 7 aromatic rings. The predicted octanol–water partition coefficient (Wildman–Crippen LogP) is 17.2. The number of methoxy groups -OCH3 is 2. The molecular formula is C99H120Cl4F8N14O19. The molecule has 0 spiro atoms. The van der Waals surface area contributed by atoms with E-state index < -0.39 is 154 Å². The van der Waals surface area contributed by atoms with Crippen molar-refractivity contribution >= 4 is 100 Å². The molecule has 5 fully saturated rings. The van der Waals surface area contributed by atoms with E-state index in [-0.39, 0.29) is 153 Å². The van der Waals surface area contributed by atoms with Gasteiger partial charge in [-0.3, -0.25) is 43.4 Å². The van der Waals surface area contributed by atoms with Gasteiger partial charge in [-0.1, -0.05) is 82.5 Å². The lowest BCUT2D eigenvalue weighted by Gasteiger charge is -2.45. The first-order chi connectivity index (χ1) is 68.0. The molecule has 0 bridgehead atoms. The number of aliphatic carboxylic acids is 1. The Labute approximate surface area is 847 Å². The molecule has 5 aromatic carbocycles. The lowest BCUT2D eigenvalue weighted by atomic mass is 9.66. The van der Waals surface area contributed by atoms with Crippen molar-refractivity contribution in [2.24, 2.45) is 42.5 Å². The Morgan fingerprint density at radius 1 is 0.486 bits per heavy atom. The molecule has 5 N–H and O–H groups in total. The maximum atomic E-state index is 15.9. The maximum absolute atomic E-state index is 15.9. The average molecular weight is 2100 g/mol. The summed E-state index contributed by atoms with van der Waals surface area (Å²) in [6, 6.07) is 6.29. The smallest absolute Gasteiger partial charge is 0.410 e. The van der Waals surface area contributed by atoms with Gasteiger partial charge >= 0.3 is 24.1 Å². The Morgan fingerprint density at radius 3 is 1.22 bits per heavy atom. The largest absolute Gasteiger partial charge is 0.505 e. The van der Waals surface area contributed by atoms with Crippen LogP contribution in [0, 0.1) is 45.9 Å². The van der Waals surface area contributed by atoms with Gasteiger partial charge < -0.3 is 78.7 Å². The number of alkyl halides is 4. The fourth-order valence-corrected chi connectivity index (χ4v) is 21.9. The lowest BCUT2D eigenvalue weighted by molar-refractivity contribution is -0.169. The van der Waals surface area contributed by atoms with Crippen molar-refractivity contribution in [3.8, 4) is 34.5 Å². The third-order valence-corrected chi connectivity index (χ3v) is 29.5. The van der Waals surface area contributed by atoms with Crippen LogP contribution in [0.15, 0.2) is 42.5 Å². The summed E-state index contributed by atoms with van der Waals surface area (Å²) in [5.41, 5.74) is 4.55. The first-order valence-electron chi connectivity index (χ1n) is 47.8. The van der Waals surface area contributed by atoms with E-state index in [1.165, 1.54) is 43.0 Å². The van der Waals surface area contributed by atoms with Crippen LogP contribution < -0.4 is 24.7 Å². The number of carboxylic acids is 1. The van der Waals surface area contributed by atoms with Gasteiger partial charge in [0.05, 0.1) is 61.1 Å². The monoisotopic (exact) mass is 2100 g/mol. The number of likely N-dealkylation sites (tertiary alicyclic amines) is 3. The summed E-state index contributed by atoms with van der Waals surface area (Å²) < 4.78 is 156. The molecular weight excluding hydrogens is 1980 g/mol. The molecule has 7 aliphatic heterocycles. The number of benzene rings is 5. The zero-order valence-electron chi connectivity index (χ0n) is 82.1. The maximum Gasteiger partial charge on any atom is 0.410 e. The number of ether oxygens (including phenoxy) is 7. The van der Waals surface area contributed by atoms with Crippen molar-refractivity contribution in [2.45, 2.75) is 239 Å². The molecule has 8 atom stereocenters. The molecule has 33 nitrogen and oxygen atoms in total.